The Morgan fingerprint density at radius 1 is 1.32 bits per heavy atom. The van der Waals surface area contributed by atoms with Gasteiger partial charge in [0.05, 0.1) is 5.60 Å². The molecule has 0 saturated carbocycles. The summed E-state index contributed by atoms with van der Waals surface area (Å²) >= 11 is 0. The molecule has 2 atom stereocenters. The van der Waals surface area contributed by atoms with Crippen molar-refractivity contribution >= 4 is 10.8 Å². The molecule has 19 heavy (non-hydrogen) atoms. The van der Waals surface area contributed by atoms with Gasteiger partial charge in [-0.1, -0.05) is 18.6 Å². The molecule has 2 aliphatic heterocycles. The van der Waals surface area contributed by atoms with Crippen molar-refractivity contribution in [2.24, 2.45) is 0 Å². The maximum atomic E-state index is 14.1. The Hall–Kier alpha value is -0.740. The summed E-state index contributed by atoms with van der Waals surface area (Å²) in [6.45, 7) is 1.83. The fourth-order valence-electron chi connectivity index (χ4n) is 3.50. The average molecular weight is 282 g/mol. The number of benzene rings is 1. The zero-order chi connectivity index (χ0) is 13.6. The van der Waals surface area contributed by atoms with Crippen LogP contribution in [0.4, 0.5) is 4.39 Å². The third-order valence-corrected chi connectivity index (χ3v) is 6.58. The minimum absolute atomic E-state index is 0.0261. The van der Waals surface area contributed by atoms with E-state index in [1.807, 2.05) is 13.0 Å². The standard InChI is InChI=1S/C15H19FO2S/c1-10-5-6-13(14(16)7-10)15(17)8-11-3-2-4-12(9-15)19(11)18/h5-7,11-12,17H,2-4,8-9H2,1H3. The maximum Gasteiger partial charge on any atom is 0.129 e. The number of halogens is 1. The fraction of sp³-hybridized carbons (Fsp3) is 0.600. The van der Waals surface area contributed by atoms with E-state index in [9.17, 15) is 13.7 Å². The Kier molecular flexibility index (Phi) is 3.26. The Morgan fingerprint density at radius 3 is 2.53 bits per heavy atom. The first-order chi connectivity index (χ1) is 8.99. The van der Waals surface area contributed by atoms with Crippen LogP contribution in [0.2, 0.25) is 0 Å². The summed E-state index contributed by atoms with van der Waals surface area (Å²) < 4.78 is 26.3. The fourth-order valence-corrected chi connectivity index (χ4v) is 5.72. The highest BCUT2D eigenvalue weighted by atomic mass is 32.2. The second-order valence-electron chi connectivity index (χ2n) is 5.93. The van der Waals surface area contributed by atoms with E-state index in [-0.39, 0.29) is 16.3 Å². The van der Waals surface area contributed by atoms with Gasteiger partial charge in [0.1, 0.15) is 5.82 Å². The second kappa shape index (κ2) is 4.67. The van der Waals surface area contributed by atoms with Gasteiger partial charge in [0, 0.05) is 26.9 Å². The van der Waals surface area contributed by atoms with E-state index in [1.165, 1.54) is 6.07 Å². The highest BCUT2D eigenvalue weighted by molar-refractivity contribution is 7.86. The number of aliphatic hydroxyl groups is 1. The van der Waals surface area contributed by atoms with Crippen LogP contribution in [-0.2, 0) is 16.4 Å². The van der Waals surface area contributed by atoms with Crippen LogP contribution in [0.3, 0.4) is 0 Å². The molecule has 0 radical (unpaired) electrons. The van der Waals surface area contributed by atoms with Crippen molar-refractivity contribution in [1.29, 1.82) is 0 Å². The first-order valence-corrected chi connectivity index (χ1v) is 8.15. The van der Waals surface area contributed by atoms with Crippen LogP contribution in [0.15, 0.2) is 18.2 Å². The average Bonchev–Trinajstić information content (AvgIpc) is 2.31. The predicted molar refractivity (Wildman–Crippen MR) is 73.8 cm³/mol. The molecule has 0 spiro atoms. The quantitative estimate of drug-likeness (QED) is 0.860. The van der Waals surface area contributed by atoms with Gasteiger partial charge in [0.2, 0.25) is 0 Å². The van der Waals surface area contributed by atoms with Crippen molar-refractivity contribution in [2.45, 2.75) is 55.1 Å². The van der Waals surface area contributed by atoms with Crippen LogP contribution in [-0.4, -0.2) is 19.8 Å². The smallest absolute Gasteiger partial charge is 0.129 e. The molecule has 1 aromatic carbocycles. The maximum absolute atomic E-state index is 14.1. The van der Waals surface area contributed by atoms with Gasteiger partial charge in [-0.2, -0.15) is 0 Å². The lowest BCUT2D eigenvalue weighted by molar-refractivity contribution is 0.00336. The first-order valence-electron chi connectivity index (χ1n) is 6.88. The van der Waals surface area contributed by atoms with Crippen LogP contribution >= 0.6 is 0 Å². The van der Waals surface area contributed by atoms with Gasteiger partial charge >= 0.3 is 0 Å². The molecule has 0 aliphatic carbocycles. The lowest BCUT2D eigenvalue weighted by Crippen LogP contribution is -2.47. The molecule has 3 rings (SSSR count). The number of hydrogen-bond donors (Lipinski definition) is 1. The lowest BCUT2D eigenvalue weighted by atomic mass is 9.80. The number of aryl methyl sites for hydroxylation is 1. The molecule has 2 fully saturated rings. The Bertz CT molecular complexity index is 513. The molecule has 1 N–H and O–H groups in total. The molecule has 2 heterocycles. The number of fused-ring (bicyclic) bond motifs is 2. The van der Waals surface area contributed by atoms with Crippen molar-refractivity contribution in [2.75, 3.05) is 0 Å². The van der Waals surface area contributed by atoms with E-state index in [1.54, 1.807) is 6.07 Å². The Morgan fingerprint density at radius 2 is 1.95 bits per heavy atom. The summed E-state index contributed by atoms with van der Waals surface area (Å²) in [5, 5.41) is 10.9. The molecule has 1 aromatic rings. The molecule has 104 valence electrons. The first kappa shape index (κ1) is 13.3. The third kappa shape index (κ3) is 2.25. The van der Waals surface area contributed by atoms with E-state index in [0.717, 1.165) is 24.8 Å². The molecular weight excluding hydrogens is 263 g/mol. The van der Waals surface area contributed by atoms with Crippen molar-refractivity contribution in [1.82, 2.24) is 0 Å². The zero-order valence-corrected chi connectivity index (χ0v) is 11.9. The normalized spacial score (nSPS) is 38.2. The van der Waals surface area contributed by atoms with E-state index >= 15 is 0 Å². The molecule has 2 saturated heterocycles. The topological polar surface area (TPSA) is 37.3 Å². The van der Waals surface area contributed by atoms with Crippen LogP contribution in [0.5, 0.6) is 0 Å². The van der Waals surface area contributed by atoms with E-state index < -0.39 is 16.4 Å². The molecule has 2 bridgehead atoms. The number of rotatable bonds is 1. The number of hydrogen-bond acceptors (Lipinski definition) is 2. The van der Waals surface area contributed by atoms with Crippen molar-refractivity contribution in [3.63, 3.8) is 0 Å². The Balaban J connectivity index is 1.97. The molecule has 0 amide bonds. The van der Waals surface area contributed by atoms with Gasteiger partial charge in [-0.05, 0) is 44.2 Å². The predicted octanol–water partition coefficient (Wildman–Crippen LogP) is 2.79. The van der Waals surface area contributed by atoms with Gasteiger partial charge < -0.3 is 5.11 Å². The minimum atomic E-state index is -1.14. The van der Waals surface area contributed by atoms with Crippen LogP contribution in [0, 0.1) is 12.7 Å². The molecule has 2 nitrogen and oxygen atoms in total. The van der Waals surface area contributed by atoms with Gasteiger partial charge in [0.25, 0.3) is 0 Å². The summed E-state index contributed by atoms with van der Waals surface area (Å²) in [5.41, 5.74) is 0.0951. The summed E-state index contributed by atoms with van der Waals surface area (Å²) in [4.78, 5) is 0. The molecular formula is C15H19FO2S. The summed E-state index contributed by atoms with van der Waals surface area (Å²) in [7, 11) is -0.850. The van der Waals surface area contributed by atoms with Gasteiger partial charge in [-0.25, -0.2) is 4.39 Å². The monoisotopic (exact) mass is 282 g/mol. The highest BCUT2D eigenvalue weighted by Gasteiger charge is 2.47. The summed E-state index contributed by atoms with van der Waals surface area (Å²) in [6, 6.07) is 4.99. The Labute approximate surface area is 115 Å². The van der Waals surface area contributed by atoms with E-state index in [2.05, 4.69) is 0 Å². The van der Waals surface area contributed by atoms with Gasteiger partial charge in [-0.3, -0.25) is 4.21 Å². The molecule has 2 unspecified atom stereocenters. The van der Waals surface area contributed by atoms with Crippen molar-refractivity contribution < 1.29 is 13.7 Å². The molecule has 4 heteroatoms. The summed E-state index contributed by atoms with van der Waals surface area (Å²) in [5.74, 6) is -0.340. The highest BCUT2D eigenvalue weighted by Crippen LogP contribution is 2.45. The van der Waals surface area contributed by atoms with E-state index in [0.29, 0.717) is 18.4 Å². The van der Waals surface area contributed by atoms with Crippen molar-refractivity contribution in [3.8, 4) is 0 Å². The zero-order valence-electron chi connectivity index (χ0n) is 11.1. The lowest BCUT2D eigenvalue weighted by Gasteiger charge is -2.43. The van der Waals surface area contributed by atoms with E-state index in [4.69, 9.17) is 0 Å². The van der Waals surface area contributed by atoms with Crippen LogP contribution in [0.1, 0.15) is 43.2 Å². The van der Waals surface area contributed by atoms with Gasteiger partial charge in [0.15, 0.2) is 0 Å². The minimum Gasteiger partial charge on any atom is -0.385 e. The second-order valence-corrected chi connectivity index (χ2v) is 7.92. The van der Waals surface area contributed by atoms with Crippen LogP contribution < -0.4 is 0 Å². The summed E-state index contributed by atoms with van der Waals surface area (Å²) in [6.07, 6.45) is 3.71. The van der Waals surface area contributed by atoms with Gasteiger partial charge in [-0.15, -0.1) is 0 Å². The molecule has 2 aliphatic rings. The van der Waals surface area contributed by atoms with Crippen molar-refractivity contribution in [3.05, 3.63) is 35.1 Å². The SMILES string of the molecule is Cc1ccc(C2(O)CC3CCCC(C2)S3=O)c(F)c1. The largest absolute Gasteiger partial charge is 0.385 e. The van der Waals surface area contributed by atoms with Crippen LogP contribution in [0.25, 0.3) is 0 Å². The third-order valence-electron chi connectivity index (χ3n) is 4.47. The molecule has 0 aromatic heterocycles.